The second-order valence-corrected chi connectivity index (χ2v) is 13.7. The number of rotatable bonds is 7. The molecule has 0 radical (unpaired) electrons. The maximum Gasteiger partial charge on any atom is 0.166 e. The van der Waals surface area contributed by atoms with E-state index in [4.69, 9.17) is 4.74 Å². The summed E-state index contributed by atoms with van der Waals surface area (Å²) < 4.78 is 6.39. The molecule has 3 aliphatic rings. The summed E-state index contributed by atoms with van der Waals surface area (Å²) in [7, 11) is 0. The molecule has 2 N–H and O–H groups in total. The van der Waals surface area contributed by atoms with Gasteiger partial charge < -0.3 is 14.9 Å². The summed E-state index contributed by atoms with van der Waals surface area (Å²) in [6.07, 6.45) is 5.13. The Morgan fingerprint density at radius 2 is 1.76 bits per heavy atom. The molecule has 4 nitrogen and oxygen atoms in total. The van der Waals surface area contributed by atoms with E-state index in [0.29, 0.717) is 24.0 Å². The summed E-state index contributed by atoms with van der Waals surface area (Å²) in [5.41, 5.74) is 2.41. The van der Waals surface area contributed by atoms with Gasteiger partial charge in [0, 0.05) is 11.5 Å². The number of phenolic OH excluding ortho intramolecular Hbond substituents is 1. The average Bonchev–Trinajstić information content (AvgIpc) is 3.14. The number of benzene rings is 2. The van der Waals surface area contributed by atoms with Crippen LogP contribution < -0.4 is 0 Å². The van der Waals surface area contributed by atoms with Crippen molar-refractivity contribution in [1.29, 1.82) is 0 Å². The summed E-state index contributed by atoms with van der Waals surface area (Å²) in [5, 5.41) is 21.2. The van der Waals surface area contributed by atoms with Gasteiger partial charge in [0.1, 0.15) is 5.75 Å². The quantitative estimate of drug-likeness (QED) is 0.416. The van der Waals surface area contributed by atoms with E-state index in [2.05, 4.69) is 46.8 Å². The highest BCUT2D eigenvalue weighted by atomic mass is 16.5. The average molecular weight is 505 g/mol. The molecule has 0 heterocycles. The van der Waals surface area contributed by atoms with Crippen molar-refractivity contribution >= 4 is 5.78 Å². The first kappa shape index (κ1) is 26.4. The second kappa shape index (κ2) is 9.54. The standard InChI is InChI=1S/C33H44O4/c1-31(2,20-32(3,4)37-19-21-9-7-6-8-10-21)18-26-29-24(15-16-33(5)27(29)13-14-28(33)35)23-12-11-22(34)17-25(23)30(26)36/h6-12,17,24,26-29,34-35H,13-16,18-20H2,1-5H3/t24?,26-,27?,28-,29?,33-/m0/s1. The Morgan fingerprint density at radius 3 is 2.49 bits per heavy atom. The first-order chi connectivity index (χ1) is 17.4. The van der Waals surface area contributed by atoms with E-state index in [9.17, 15) is 15.0 Å². The number of fused-ring (bicyclic) bond motifs is 5. The molecule has 0 aromatic heterocycles. The molecule has 2 saturated carbocycles. The monoisotopic (exact) mass is 504 g/mol. The van der Waals surface area contributed by atoms with Crippen LogP contribution in [0.3, 0.4) is 0 Å². The Balaban J connectivity index is 1.42. The lowest BCUT2D eigenvalue weighted by Gasteiger charge is -2.53. The van der Waals surface area contributed by atoms with Crippen molar-refractivity contribution in [3.63, 3.8) is 0 Å². The fourth-order valence-corrected chi connectivity index (χ4v) is 8.50. The van der Waals surface area contributed by atoms with E-state index in [1.807, 2.05) is 24.3 Å². The number of aliphatic hydroxyl groups is 1. The number of Topliss-reactive ketones (excluding diaryl/α,β-unsaturated/α-hetero) is 1. The van der Waals surface area contributed by atoms with Crippen LogP contribution in [0, 0.1) is 28.6 Å². The van der Waals surface area contributed by atoms with Crippen LogP contribution in [0.25, 0.3) is 0 Å². The molecule has 200 valence electrons. The minimum absolute atomic E-state index is 0.115. The molecular weight excluding hydrogens is 460 g/mol. The Kier molecular flexibility index (Phi) is 6.82. The number of hydrogen-bond acceptors (Lipinski definition) is 4. The number of ketones is 1. The molecule has 0 spiro atoms. The fraction of sp³-hybridized carbons (Fsp3) is 0.606. The molecule has 3 aliphatic carbocycles. The van der Waals surface area contributed by atoms with Gasteiger partial charge in [0.05, 0.1) is 18.3 Å². The summed E-state index contributed by atoms with van der Waals surface area (Å²) in [5.74, 6) is 1.10. The number of aromatic hydroxyl groups is 1. The Morgan fingerprint density at radius 1 is 1.03 bits per heavy atom. The van der Waals surface area contributed by atoms with Crippen molar-refractivity contribution in [1.82, 2.24) is 0 Å². The molecule has 2 fully saturated rings. The van der Waals surface area contributed by atoms with Crippen LogP contribution in [0.5, 0.6) is 5.75 Å². The van der Waals surface area contributed by atoms with Crippen molar-refractivity contribution in [2.45, 2.75) is 97.4 Å². The van der Waals surface area contributed by atoms with Gasteiger partial charge in [0.2, 0.25) is 0 Å². The van der Waals surface area contributed by atoms with E-state index in [1.54, 1.807) is 12.1 Å². The molecule has 2 aromatic rings. The minimum atomic E-state index is -0.336. The van der Waals surface area contributed by atoms with Gasteiger partial charge in [0.25, 0.3) is 0 Å². The zero-order valence-corrected chi connectivity index (χ0v) is 23.2. The molecule has 6 atom stereocenters. The van der Waals surface area contributed by atoms with E-state index < -0.39 is 0 Å². The molecule has 2 aromatic carbocycles. The van der Waals surface area contributed by atoms with Crippen LogP contribution in [-0.2, 0) is 11.3 Å². The number of carbonyl (C=O) groups is 1. The summed E-state index contributed by atoms with van der Waals surface area (Å²) in [6.45, 7) is 11.7. The van der Waals surface area contributed by atoms with Crippen LogP contribution >= 0.6 is 0 Å². The molecule has 0 bridgehead atoms. The molecular formula is C33H44O4. The summed E-state index contributed by atoms with van der Waals surface area (Å²) in [4.78, 5) is 14.1. The second-order valence-electron chi connectivity index (χ2n) is 13.7. The van der Waals surface area contributed by atoms with Gasteiger partial charge in [0.15, 0.2) is 5.78 Å². The van der Waals surface area contributed by atoms with Crippen LogP contribution in [-0.4, -0.2) is 27.7 Å². The number of carbonyl (C=O) groups excluding carboxylic acids is 1. The van der Waals surface area contributed by atoms with Gasteiger partial charge in [-0.05, 0) is 104 Å². The largest absolute Gasteiger partial charge is 0.508 e. The zero-order valence-electron chi connectivity index (χ0n) is 23.2. The number of ether oxygens (including phenoxy) is 1. The molecule has 4 heteroatoms. The van der Waals surface area contributed by atoms with Gasteiger partial charge in [-0.15, -0.1) is 0 Å². The predicted octanol–water partition coefficient (Wildman–Crippen LogP) is 7.28. The van der Waals surface area contributed by atoms with Crippen LogP contribution in [0.1, 0.15) is 101 Å². The number of aliphatic hydroxyl groups excluding tert-OH is 1. The predicted molar refractivity (Wildman–Crippen MR) is 147 cm³/mol. The van der Waals surface area contributed by atoms with E-state index >= 15 is 0 Å². The third-order valence-electron chi connectivity index (χ3n) is 9.94. The smallest absolute Gasteiger partial charge is 0.166 e. The van der Waals surface area contributed by atoms with Gasteiger partial charge in [-0.25, -0.2) is 0 Å². The van der Waals surface area contributed by atoms with Gasteiger partial charge in [-0.2, -0.15) is 0 Å². The number of phenols is 1. The Hall–Kier alpha value is -2.17. The van der Waals surface area contributed by atoms with Crippen molar-refractivity contribution in [2.75, 3.05) is 0 Å². The highest BCUT2D eigenvalue weighted by Crippen LogP contribution is 2.63. The van der Waals surface area contributed by atoms with E-state index in [-0.39, 0.29) is 45.9 Å². The minimum Gasteiger partial charge on any atom is -0.508 e. The summed E-state index contributed by atoms with van der Waals surface area (Å²) in [6, 6.07) is 15.7. The molecule has 3 unspecified atom stereocenters. The lowest BCUT2D eigenvalue weighted by Crippen LogP contribution is -2.50. The third kappa shape index (κ3) is 5.00. The Labute approximate surface area is 222 Å². The van der Waals surface area contributed by atoms with Crippen molar-refractivity contribution in [3.8, 4) is 5.75 Å². The number of hydrogen-bond donors (Lipinski definition) is 2. The first-order valence-corrected chi connectivity index (χ1v) is 14.1. The third-order valence-corrected chi connectivity index (χ3v) is 9.94. The SMILES string of the molecule is CC(C)(C[C@@H]1C(=O)c2cc(O)ccc2C2CC[C@@]3(C)C(CC[C@@H]3O)C21)CC(C)(C)OCc1ccccc1. The van der Waals surface area contributed by atoms with Gasteiger partial charge >= 0.3 is 0 Å². The molecule has 0 saturated heterocycles. The lowest BCUT2D eigenvalue weighted by atomic mass is 9.50. The topological polar surface area (TPSA) is 66.8 Å². The summed E-state index contributed by atoms with van der Waals surface area (Å²) >= 11 is 0. The Bertz CT molecular complexity index is 1140. The van der Waals surface area contributed by atoms with Crippen LogP contribution in [0.2, 0.25) is 0 Å². The molecule has 0 aliphatic heterocycles. The van der Waals surface area contributed by atoms with E-state index in [1.165, 1.54) is 0 Å². The normalized spacial score (nSPS) is 31.5. The van der Waals surface area contributed by atoms with Crippen LogP contribution in [0.4, 0.5) is 0 Å². The zero-order chi connectivity index (χ0) is 26.6. The fourth-order valence-electron chi connectivity index (χ4n) is 8.50. The molecule has 5 rings (SSSR count). The maximum atomic E-state index is 14.1. The first-order valence-electron chi connectivity index (χ1n) is 14.1. The van der Waals surface area contributed by atoms with Gasteiger partial charge in [-0.1, -0.05) is 57.2 Å². The lowest BCUT2D eigenvalue weighted by molar-refractivity contribution is -0.0667. The van der Waals surface area contributed by atoms with Crippen LogP contribution in [0.15, 0.2) is 48.5 Å². The highest BCUT2D eigenvalue weighted by Gasteiger charge is 2.58. The van der Waals surface area contributed by atoms with E-state index in [0.717, 1.165) is 49.7 Å². The van der Waals surface area contributed by atoms with Gasteiger partial charge in [-0.3, -0.25) is 4.79 Å². The maximum absolute atomic E-state index is 14.1. The molecule has 37 heavy (non-hydrogen) atoms. The molecule has 0 amide bonds. The van der Waals surface area contributed by atoms with Crippen molar-refractivity contribution < 1.29 is 19.7 Å². The van der Waals surface area contributed by atoms with Crippen molar-refractivity contribution in [2.24, 2.45) is 28.6 Å². The highest BCUT2D eigenvalue weighted by molar-refractivity contribution is 6.01. The van der Waals surface area contributed by atoms with Crippen molar-refractivity contribution in [3.05, 3.63) is 65.2 Å².